The van der Waals surface area contributed by atoms with E-state index in [1.54, 1.807) is 6.08 Å². The molecule has 3 aromatic carbocycles. The Morgan fingerprint density at radius 3 is 2.29 bits per heavy atom. The molecule has 0 aliphatic heterocycles. The Labute approximate surface area is 167 Å². The molecule has 0 amide bonds. The molecular formula is C27H25N. The van der Waals surface area contributed by atoms with Crippen LogP contribution in [0.25, 0.3) is 16.7 Å². The molecular weight excluding hydrogens is 338 g/mol. The van der Waals surface area contributed by atoms with Crippen molar-refractivity contribution in [1.29, 1.82) is 0 Å². The van der Waals surface area contributed by atoms with Crippen LogP contribution in [0.5, 0.6) is 0 Å². The molecule has 0 aromatic heterocycles. The maximum Gasteiger partial charge on any atom is 0.0467 e. The first kappa shape index (κ1) is 18.1. The van der Waals surface area contributed by atoms with Gasteiger partial charge in [0, 0.05) is 22.4 Å². The van der Waals surface area contributed by atoms with Crippen LogP contribution >= 0.6 is 0 Å². The molecule has 0 heterocycles. The predicted molar refractivity (Wildman–Crippen MR) is 122 cm³/mol. The normalized spacial score (nSPS) is 14.1. The van der Waals surface area contributed by atoms with Gasteiger partial charge in [-0.3, -0.25) is 0 Å². The average Bonchev–Trinajstić information content (AvgIpc) is 2.95. The van der Waals surface area contributed by atoms with Crippen LogP contribution < -0.4 is 5.32 Å². The monoisotopic (exact) mass is 363 g/mol. The minimum Gasteiger partial charge on any atom is -0.355 e. The van der Waals surface area contributed by atoms with E-state index in [0.29, 0.717) is 0 Å². The van der Waals surface area contributed by atoms with Gasteiger partial charge < -0.3 is 5.32 Å². The summed E-state index contributed by atoms with van der Waals surface area (Å²) in [6.07, 6.45) is 5.61. The molecule has 0 radical (unpaired) electrons. The molecule has 0 saturated heterocycles. The van der Waals surface area contributed by atoms with Crippen LogP contribution in [0, 0.1) is 0 Å². The molecule has 28 heavy (non-hydrogen) atoms. The fourth-order valence-corrected chi connectivity index (χ4v) is 4.17. The van der Waals surface area contributed by atoms with E-state index < -0.39 is 0 Å². The van der Waals surface area contributed by atoms with Crippen molar-refractivity contribution in [3.8, 4) is 11.1 Å². The van der Waals surface area contributed by atoms with Gasteiger partial charge in [0.1, 0.15) is 0 Å². The number of benzene rings is 3. The van der Waals surface area contributed by atoms with Crippen LogP contribution in [-0.4, -0.2) is 0 Å². The number of nitrogens with one attached hydrogen (secondary N) is 1. The average molecular weight is 364 g/mol. The summed E-state index contributed by atoms with van der Waals surface area (Å²) >= 11 is 0. The van der Waals surface area contributed by atoms with Gasteiger partial charge in [-0.25, -0.2) is 0 Å². The van der Waals surface area contributed by atoms with Crippen LogP contribution in [0.1, 0.15) is 30.5 Å². The summed E-state index contributed by atoms with van der Waals surface area (Å²) in [5.74, 6) is 0. The first-order valence-electron chi connectivity index (χ1n) is 9.62. The van der Waals surface area contributed by atoms with Crippen molar-refractivity contribution < 1.29 is 0 Å². The fraction of sp³-hybridized carbons (Fsp3) is 0.111. The van der Waals surface area contributed by atoms with Crippen molar-refractivity contribution in [3.05, 3.63) is 115 Å². The number of rotatable bonds is 5. The van der Waals surface area contributed by atoms with E-state index in [9.17, 15) is 0 Å². The second-order valence-electron chi connectivity index (χ2n) is 7.66. The van der Waals surface area contributed by atoms with Crippen LogP contribution in [-0.2, 0) is 5.41 Å². The number of hydrogen-bond donors (Lipinski definition) is 1. The summed E-state index contributed by atoms with van der Waals surface area (Å²) in [6, 6.07) is 23.7. The fourth-order valence-electron chi connectivity index (χ4n) is 4.17. The van der Waals surface area contributed by atoms with E-state index in [1.165, 1.54) is 22.3 Å². The lowest BCUT2D eigenvalue weighted by Gasteiger charge is -2.21. The quantitative estimate of drug-likeness (QED) is 0.463. The molecule has 1 heteroatoms. The lowest BCUT2D eigenvalue weighted by molar-refractivity contribution is 0.660. The second-order valence-corrected chi connectivity index (χ2v) is 7.66. The summed E-state index contributed by atoms with van der Waals surface area (Å²) in [7, 11) is 0. The van der Waals surface area contributed by atoms with Crippen molar-refractivity contribution in [1.82, 2.24) is 0 Å². The smallest absolute Gasteiger partial charge is 0.0467 e. The van der Waals surface area contributed by atoms with E-state index in [-0.39, 0.29) is 5.41 Å². The lowest BCUT2D eigenvalue weighted by Crippen LogP contribution is -2.14. The van der Waals surface area contributed by atoms with Crippen molar-refractivity contribution >= 4 is 16.9 Å². The summed E-state index contributed by atoms with van der Waals surface area (Å²) in [6.45, 7) is 12.3. The SMILES string of the molecule is C=C/C=C(\C=C)c1ccc(Nc2cccc3c2-c2ccccc2C3(C)C)cc1. The third-order valence-corrected chi connectivity index (χ3v) is 5.62. The second kappa shape index (κ2) is 7.01. The molecule has 0 spiro atoms. The van der Waals surface area contributed by atoms with Gasteiger partial charge in [0.05, 0.1) is 0 Å². The predicted octanol–water partition coefficient (Wildman–Crippen LogP) is 7.49. The maximum absolute atomic E-state index is 3.89. The Hall–Kier alpha value is -3.32. The zero-order valence-electron chi connectivity index (χ0n) is 16.5. The number of allylic oxidation sites excluding steroid dienone is 4. The lowest BCUT2D eigenvalue weighted by atomic mass is 9.82. The van der Waals surface area contributed by atoms with Gasteiger partial charge in [0.25, 0.3) is 0 Å². The van der Waals surface area contributed by atoms with Gasteiger partial charge in [-0.15, -0.1) is 0 Å². The standard InChI is InChI=1S/C27H25N/c1-5-10-19(6-2)20-15-17-21(18-16-20)28-25-14-9-13-24-26(25)22-11-7-8-12-23(22)27(24,3)4/h5-18,28H,1-2H2,3-4H3/b19-10+. The molecule has 0 atom stereocenters. The summed E-state index contributed by atoms with van der Waals surface area (Å²) in [5, 5.41) is 3.63. The van der Waals surface area contributed by atoms with E-state index in [2.05, 4.69) is 99.1 Å². The molecule has 1 N–H and O–H groups in total. The zero-order chi connectivity index (χ0) is 19.7. The van der Waals surface area contributed by atoms with Gasteiger partial charge in [-0.05, 0) is 46.0 Å². The van der Waals surface area contributed by atoms with Gasteiger partial charge in [0.15, 0.2) is 0 Å². The maximum atomic E-state index is 3.89. The molecule has 0 unspecified atom stereocenters. The van der Waals surface area contributed by atoms with Gasteiger partial charge >= 0.3 is 0 Å². The highest BCUT2D eigenvalue weighted by molar-refractivity contribution is 5.91. The minimum atomic E-state index is 0.0157. The molecule has 0 fully saturated rings. The van der Waals surface area contributed by atoms with Crippen LogP contribution in [0.4, 0.5) is 11.4 Å². The van der Waals surface area contributed by atoms with Gasteiger partial charge in [0.2, 0.25) is 0 Å². The van der Waals surface area contributed by atoms with Crippen molar-refractivity contribution in [3.63, 3.8) is 0 Å². The van der Waals surface area contributed by atoms with E-state index in [0.717, 1.165) is 22.5 Å². The molecule has 3 aromatic rings. The highest BCUT2D eigenvalue weighted by Gasteiger charge is 2.36. The number of hydrogen-bond acceptors (Lipinski definition) is 1. The summed E-state index contributed by atoms with van der Waals surface area (Å²) in [5.41, 5.74) is 9.83. The molecule has 1 aliphatic rings. The van der Waals surface area contributed by atoms with Crippen molar-refractivity contribution in [2.75, 3.05) is 5.32 Å². The Morgan fingerprint density at radius 1 is 0.857 bits per heavy atom. The summed E-state index contributed by atoms with van der Waals surface area (Å²) in [4.78, 5) is 0. The van der Waals surface area contributed by atoms with Crippen LogP contribution in [0.2, 0.25) is 0 Å². The third kappa shape index (κ3) is 2.90. The largest absolute Gasteiger partial charge is 0.355 e. The first-order valence-corrected chi connectivity index (χ1v) is 9.62. The highest BCUT2D eigenvalue weighted by atomic mass is 14.9. The topological polar surface area (TPSA) is 12.0 Å². The van der Waals surface area contributed by atoms with Crippen molar-refractivity contribution in [2.45, 2.75) is 19.3 Å². The van der Waals surface area contributed by atoms with E-state index >= 15 is 0 Å². The molecule has 1 aliphatic carbocycles. The zero-order valence-corrected chi connectivity index (χ0v) is 16.5. The van der Waals surface area contributed by atoms with E-state index in [4.69, 9.17) is 0 Å². The first-order chi connectivity index (χ1) is 13.6. The highest BCUT2D eigenvalue weighted by Crippen LogP contribution is 2.51. The van der Waals surface area contributed by atoms with E-state index in [1.807, 2.05) is 12.2 Å². The molecule has 4 rings (SSSR count). The molecule has 0 saturated carbocycles. The van der Waals surface area contributed by atoms with Gasteiger partial charge in [-0.2, -0.15) is 0 Å². The minimum absolute atomic E-state index is 0.0157. The molecule has 1 nitrogen and oxygen atoms in total. The molecule has 138 valence electrons. The Bertz CT molecular complexity index is 1080. The van der Waals surface area contributed by atoms with Gasteiger partial charge in [-0.1, -0.05) is 93.8 Å². The molecule has 0 bridgehead atoms. The Balaban J connectivity index is 1.73. The van der Waals surface area contributed by atoms with Crippen LogP contribution in [0.15, 0.2) is 98.1 Å². The van der Waals surface area contributed by atoms with Crippen LogP contribution in [0.3, 0.4) is 0 Å². The van der Waals surface area contributed by atoms with Crippen molar-refractivity contribution in [2.24, 2.45) is 0 Å². The number of fused-ring (bicyclic) bond motifs is 3. The summed E-state index contributed by atoms with van der Waals surface area (Å²) < 4.78 is 0. The Kier molecular flexibility index (Phi) is 4.52. The Morgan fingerprint density at radius 2 is 1.57 bits per heavy atom. The third-order valence-electron chi connectivity index (χ3n) is 5.62. The number of anilines is 2.